The lowest BCUT2D eigenvalue weighted by Crippen LogP contribution is -2.39. The van der Waals surface area contributed by atoms with Crippen LogP contribution in [0.25, 0.3) is 0 Å². The molecule has 0 saturated carbocycles. The van der Waals surface area contributed by atoms with Crippen molar-refractivity contribution in [2.75, 3.05) is 179 Å². The fraction of sp³-hybridized carbons (Fsp3) is 0.846. The summed E-state index contributed by atoms with van der Waals surface area (Å²) >= 11 is 0. The lowest BCUT2D eigenvalue weighted by Gasteiger charge is -2.25. The highest BCUT2D eigenvalue weighted by Gasteiger charge is 2.11. The zero-order valence-electron chi connectivity index (χ0n) is 50.7. The molecule has 0 spiro atoms. The number of nitrogens with two attached hydrogens (primary N) is 2. The molecule has 75 heavy (non-hydrogen) atoms. The number of likely N-dealkylation sites (tertiary alicyclic amines) is 1. The summed E-state index contributed by atoms with van der Waals surface area (Å²) in [6.07, 6.45) is 9.76. The third kappa shape index (κ3) is 62.2. The molecule has 6 N–H and O–H groups in total. The minimum absolute atomic E-state index is 0.0308. The molecule has 0 aromatic heterocycles. The average molecular weight is 1090 g/mol. The number of amidine groups is 3. The fourth-order valence-corrected chi connectivity index (χ4v) is 6.39. The summed E-state index contributed by atoms with van der Waals surface area (Å²) in [4.78, 5) is 69.5. The highest BCUT2D eigenvalue weighted by atomic mass is 32.2. The Kier molecular flexibility index (Phi) is 57.8. The van der Waals surface area contributed by atoms with Gasteiger partial charge in [0.1, 0.15) is 9.84 Å². The summed E-state index contributed by atoms with van der Waals surface area (Å²) in [6.45, 7) is 33.8. The number of carbonyl (C=O) groups is 4. The van der Waals surface area contributed by atoms with E-state index in [2.05, 4.69) is 47.3 Å². The molecule has 0 radical (unpaired) electrons. The van der Waals surface area contributed by atoms with E-state index in [1.165, 1.54) is 68.8 Å². The van der Waals surface area contributed by atoms with Crippen molar-refractivity contribution in [2.45, 2.75) is 114 Å². The van der Waals surface area contributed by atoms with Crippen molar-refractivity contribution in [1.29, 1.82) is 0 Å². The zero-order chi connectivity index (χ0) is 58.6. The summed E-state index contributed by atoms with van der Waals surface area (Å²) in [6, 6.07) is 0. The number of piperidine rings is 1. The summed E-state index contributed by atoms with van der Waals surface area (Å²) < 4.78 is 31.2. The van der Waals surface area contributed by atoms with Gasteiger partial charge >= 0.3 is 0 Å². The van der Waals surface area contributed by atoms with Gasteiger partial charge in [0.25, 0.3) is 0 Å². The molecule has 0 aromatic carbocycles. The van der Waals surface area contributed by atoms with Crippen molar-refractivity contribution in [1.82, 2.24) is 40.0 Å². The molecular formula is C52H112N14O8S. The number of hydrogen-bond donors (Lipinski definition) is 4. The molecule has 22 nitrogen and oxygen atoms in total. The molecule has 4 amide bonds. The second-order valence-electron chi connectivity index (χ2n) is 18.0. The Hall–Kier alpha value is -4.29. The smallest absolute Gasteiger partial charge is 0.219 e. The second kappa shape index (κ2) is 54.5. The molecule has 5 aliphatic heterocycles. The quantitative estimate of drug-likeness (QED) is 0.162. The van der Waals surface area contributed by atoms with E-state index in [4.69, 9.17) is 20.9 Å². The van der Waals surface area contributed by atoms with Crippen molar-refractivity contribution in [3.63, 3.8) is 0 Å². The summed E-state index contributed by atoms with van der Waals surface area (Å²) in [7, 11) is 9.63. The van der Waals surface area contributed by atoms with Crippen LogP contribution in [-0.2, 0) is 38.5 Å². The Morgan fingerprint density at radius 2 is 1.29 bits per heavy atom. The molecular weight excluding hydrogens is 981 g/mol. The van der Waals surface area contributed by atoms with Gasteiger partial charge in [-0.2, -0.15) is 0 Å². The molecule has 5 rings (SSSR count). The number of nitrogens with zero attached hydrogens (tertiary/aromatic N) is 10. The van der Waals surface area contributed by atoms with Gasteiger partial charge in [-0.1, -0.05) is 13.8 Å². The number of carbonyl (C=O) groups excluding carboxylic acids is 4. The fourth-order valence-electron chi connectivity index (χ4n) is 5.79. The van der Waals surface area contributed by atoms with Crippen molar-refractivity contribution in [3.05, 3.63) is 0 Å². The third-order valence-electron chi connectivity index (χ3n) is 10.8. The van der Waals surface area contributed by atoms with Gasteiger partial charge in [0.2, 0.25) is 23.6 Å². The van der Waals surface area contributed by atoms with E-state index in [1.807, 2.05) is 60.8 Å². The number of methoxy groups -OCH3 is 1. The van der Waals surface area contributed by atoms with Crippen LogP contribution in [0.1, 0.15) is 114 Å². The Balaban J connectivity index is -0.000000245. The van der Waals surface area contributed by atoms with E-state index in [1.54, 1.807) is 51.8 Å². The van der Waals surface area contributed by atoms with Gasteiger partial charge in [0, 0.05) is 173 Å². The van der Waals surface area contributed by atoms with Gasteiger partial charge in [-0.15, -0.1) is 0 Å². The summed E-state index contributed by atoms with van der Waals surface area (Å²) in [5.41, 5.74) is 11.9. The Morgan fingerprint density at radius 1 is 0.747 bits per heavy atom. The SMILES string of the molecule is CC.CC(=O)N(C)CCN(C)C.CC(=O)N(C)CCS(C)(=O)=O.CC(=O)N1CCCCC1.CC1=NCCC1.CC1=NCCN1.CCN=C(C)N.CN=C1CCCN1.COCCN(C)C(C)=O.NCCN1CCOCC1. The predicted molar refractivity (Wildman–Crippen MR) is 315 cm³/mol. The molecule has 0 bridgehead atoms. The Bertz CT molecular complexity index is 1620. The maximum Gasteiger partial charge on any atom is 0.219 e. The van der Waals surface area contributed by atoms with Crippen molar-refractivity contribution in [3.8, 4) is 0 Å². The molecule has 5 heterocycles. The first kappa shape index (κ1) is 79.6. The monoisotopic (exact) mass is 1090 g/mol. The molecule has 3 saturated heterocycles. The number of morpholine rings is 1. The van der Waals surface area contributed by atoms with Gasteiger partial charge in [-0.05, 0) is 80.3 Å². The number of likely N-dealkylation sites (N-methyl/N-ethyl adjacent to an activating group) is 3. The minimum atomic E-state index is -2.95. The number of amides is 4. The van der Waals surface area contributed by atoms with Crippen LogP contribution in [0.3, 0.4) is 0 Å². The Labute approximate surface area is 457 Å². The maximum absolute atomic E-state index is 10.7. The van der Waals surface area contributed by atoms with E-state index >= 15 is 0 Å². The number of rotatable bonds is 12. The van der Waals surface area contributed by atoms with E-state index in [0.717, 1.165) is 117 Å². The number of ether oxygens (including phenoxy) is 2. The van der Waals surface area contributed by atoms with Crippen molar-refractivity contribution >= 4 is 56.7 Å². The largest absolute Gasteiger partial charge is 0.388 e. The number of aliphatic imine (C=N–C) groups is 4. The molecule has 5 aliphatic rings. The third-order valence-corrected chi connectivity index (χ3v) is 11.7. The van der Waals surface area contributed by atoms with Gasteiger partial charge < -0.3 is 56.1 Å². The van der Waals surface area contributed by atoms with Gasteiger partial charge in [0.15, 0.2) is 0 Å². The van der Waals surface area contributed by atoms with E-state index in [9.17, 15) is 27.6 Å². The predicted octanol–water partition coefficient (Wildman–Crippen LogP) is 3.00. The van der Waals surface area contributed by atoms with E-state index in [-0.39, 0.29) is 35.9 Å². The highest BCUT2D eigenvalue weighted by molar-refractivity contribution is 7.90. The second-order valence-corrected chi connectivity index (χ2v) is 20.2. The first-order valence-corrected chi connectivity index (χ1v) is 28.8. The molecule has 0 unspecified atom stereocenters. The summed E-state index contributed by atoms with van der Waals surface area (Å²) in [5.74, 6) is 3.26. The lowest BCUT2D eigenvalue weighted by atomic mass is 10.1. The standard InChI is InChI=1S/C7H16N2O.C7H13NO.C6H14N2O.C6H13NO3S.C6H13NO2.C5H10N2.C5H9N.C4H8N2.C4H10N2.C2H6/c1-7(10)9(4)6-5-8(2)3;1-7(9)8-5-3-2-4-6-8;7-1-2-8-3-5-9-6-4-8;1-6(8)7(2)4-5-11(3,9)10;1-6(8)7(2)4-5-9-3;1-6-5-3-2-4-7-5;1-5-3-2-4-6-5;1-4-5-2-3-6-4;1-3-6-4(2)5;1-2/h5-6H2,1-4H3;2-6H2,1H3;1-7H2;4-5H2,1-3H3;4-5H2,1-3H3;2-4H2,1H3,(H,6,7);2-4H2,1H3;2-3H2,1H3,(H,5,6);3H2,1-2H3,(H2,5,6);1-2H3. The molecule has 0 aromatic rings. The van der Waals surface area contributed by atoms with Gasteiger partial charge in [-0.3, -0.25) is 44.0 Å². The lowest BCUT2D eigenvalue weighted by molar-refractivity contribution is -0.130. The number of sulfone groups is 1. The first-order chi connectivity index (χ1) is 35.3. The van der Waals surface area contributed by atoms with Gasteiger partial charge in [-0.25, -0.2) is 8.42 Å². The molecule has 0 aliphatic carbocycles. The van der Waals surface area contributed by atoms with Crippen LogP contribution in [0, 0.1) is 0 Å². The average Bonchev–Trinajstić information content (AvgIpc) is 4.20. The maximum atomic E-state index is 10.7. The van der Waals surface area contributed by atoms with E-state index in [0.29, 0.717) is 19.0 Å². The number of nitrogens with one attached hydrogen (secondary N) is 2. The van der Waals surface area contributed by atoms with Crippen molar-refractivity contribution < 1.29 is 37.1 Å². The minimum Gasteiger partial charge on any atom is -0.388 e. The van der Waals surface area contributed by atoms with Crippen LogP contribution in [0.2, 0.25) is 0 Å². The highest BCUT2D eigenvalue weighted by Crippen LogP contribution is 2.07. The molecule has 3 fully saturated rings. The van der Waals surface area contributed by atoms with Crippen molar-refractivity contribution in [2.24, 2.45) is 31.4 Å². The number of hydrogen-bond acceptors (Lipinski definition) is 16. The Morgan fingerprint density at radius 3 is 1.57 bits per heavy atom. The topological polar surface area (TPSA) is 266 Å². The van der Waals surface area contributed by atoms with Crippen LogP contribution < -0.4 is 22.1 Å². The zero-order valence-corrected chi connectivity index (χ0v) is 51.5. The molecule has 444 valence electrons. The normalized spacial score (nSPS) is 15.9. The summed E-state index contributed by atoms with van der Waals surface area (Å²) in [5, 5.41) is 6.23. The van der Waals surface area contributed by atoms with Crippen LogP contribution >= 0.6 is 0 Å². The van der Waals surface area contributed by atoms with Gasteiger partial charge in [0.05, 0.1) is 49.6 Å². The van der Waals surface area contributed by atoms with Crippen LogP contribution in [0.4, 0.5) is 0 Å². The van der Waals surface area contributed by atoms with Crippen LogP contribution in [0.5, 0.6) is 0 Å². The van der Waals surface area contributed by atoms with Crippen LogP contribution in [0.15, 0.2) is 20.0 Å². The van der Waals surface area contributed by atoms with E-state index < -0.39 is 9.84 Å². The molecule has 0 atom stereocenters. The van der Waals surface area contributed by atoms with Crippen LogP contribution in [-0.4, -0.2) is 264 Å². The molecule has 23 heteroatoms. The first-order valence-electron chi connectivity index (χ1n) is 26.7.